The lowest BCUT2D eigenvalue weighted by molar-refractivity contribution is -0.129. The molecule has 0 bridgehead atoms. The Balaban J connectivity index is 1.73. The minimum Gasteiger partial charge on any atom is -0.495 e. The van der Waals surface area contributed by atoms with E-state index < -0.39 is 23.8 Å². The third kappa shape index (κ3) is 4.44. The number of rotatable bonds is 6. The fourth-order valence-corrected chi connectivity index (χ4v) is 4.10. The highest BCUT2D eigenvalue weighted by atomic mass is 19.3. The van der Waals surface area contributed by atoms with Gasteiger partial charge in [0, 0.05) is 31.1 Å². The molecule has 7 nitrogen and oxygen atoms in total. The molecule has 1 aliphatic heterocycles. The molecular formula is C24H26F3N5O2. The molecule has 1 N–H and O–H groups in total. The summed E-state index contributed by atoms with van der Waals surface area (Å²) in [6.45, 7) is 4.88. The molecule has 0 spiro atoms. The van der Waals surface area contributed by atoms with Gasteiger partial charge in [0.25, 0.3) is 6.43 Å². The van der Waals surface area contributed by atoms with Gasteiger partial charge in [0.05, 0.1) is 36.5 Å². The normalized spacial score (nSPS) is 15.2. The number of nitrogens with one attached hydrogen (secondary N) is 1. The van der Waals surface area contributed by atoms with E-state index in [-0.39, 0.29) is 18.0 Å². The number of methoxy groups -OCH3 is 1. The van der Waals surface area contributed by atoms with Crippen molar-refractivity contribution < 1.29 is 22.7 Å². The maximum absolute atomic E-state index is 14.7. The first-order valence-electron chi connectivity index (χ1n) is 10.9. The van der Waals surface area contributed by atoms with Gasteiger partial charge in [-0.2, -0.15) is 0 Å². The lowest BCUT2D eigenvalue weighted by Crippen LogP contribution is -2.48. The first kappa shape index (κ1) is 23.6. The maximum atomic E-state index is 14.7. The van der Waals surface area contributed by atoms with Crippen molar-refractivity contribution in [1.29, 1.82) is 0 Å². The predicted octanol–water partition coefficient (Wildman–Crippen LogP) is 4.48. The van der Waals surface area contributed by atoms with Crippen molar-refractivity contribution in [3.8, 4) is 5.75 Å². The van der Waals surface area contributed by atoms with Crippen LogP contribution >= 0.6 is 0 Å². The van der Waals surface area contributed by atoms with Crippen molar-refractivity contribution in [2.75, 3.05) is 44.0 Å². The van der Waals surface area contributed by atoms with Crippen LogP contribution in [0.1, 0.15) is 36.3 Å². The first-order chi connectivity index (χ1) is 16.2. The van der Waals surface area contributed by atoms with E-state index in [9.17, 15) is 18.0 Å². The number of alkyl halides is 2. The number of hydrogen-bond donors (Lipinski definition) is 1. The van der Waals surface area contributed by atoms with Crippen LogP contribution < -0.4 is 15.0 Å². The highest BCUT2D eigenvalue weighted by Gasteiger charge is 2.25. The molecule has 1 atom stereocenters. The number of ether oxygens (including phenoxy) is 1. The standard InChI is InChI=1S/C24H26F3N5O2/c1-13(15-6-5-7-16(22(15)25)23(26)27)28-24-17-10-20(34-4)19(11-18(17)29-14(2)30-24)32-9-8-31(3)21(33)12-32/h5-7,10-11,13,23H,8-9,12H2,1-4H3,(H,28,29,30). The Labute approximate surface area is 195 Å². The van der Waals surface area contributed by atoms with Crippen LogP contribution in [-0.4, -0.2) is 54.6 Å². The summed E-state index contributed by atoms with van der Waals surface area (Å²) in [4.78, 5) is 24.9. The van der Waals surface area contributed by atoms with Gasteiger partial charge < -0.3 is 19.9 Å². The molecule has 1 saturated heterocycles. The zero-order chi connectivity index (χ0) is 24.6. The first-order valence-corrected chi connectivity index (χ1v) is 10.9. The number of aromatic nitrogens is 2. The smallest absolute Gasteiger partial charge is 0.266 e. The molecule has 2 heterocycles. The molecule has 0 aliphatic carbocycles. The number of fused-ring (bicyclic) bond motifs is 1. The monoisotopic (exact) mass is 473 g/mol. The zero-order valence-corrected chi connectivity index (χ0v) is 19.4. The van der Waals surface area contributed by atoms with Crippen LogP contribution in [0.5, 0.6) is 5.75 Å². The van der Waals surface area contributed by atoms with E-state index >= 15 is 0 Å². The SMILES string of the molecule is COc1cc2c(NC(C)c3cccc(C(F)F)c3F)nc(C)nc2cc1N1CCN(C)C(=O)C1. The van der Waals surface area contributed by atoms with Crippen molar-refractivity contribution in [2.24, 2.45) is 0 Å². The van der Waals surface area contributed by atoms with Gasteiger partial charge in [0.2, 0.25) is 5.91 Å². The molecule has 10 heteroatoms. The quantitative estimate of drug-likeness (QED) is 0.570. The number of likely N-dealkylation sites (N-methyl/N-ethyl adjacent to an activating group) is 1. The largest absolute Gasteiger partial charge is 0.495 e. The van der Waals surface area contributed by atoms with Crippen molar-refractivity contribution in [3.05, 3.63) is 53.1 Å². The van der Waals surface area contributed by atoms with E-state index in [4.69, 9.17) is 4.74 Å². The van der Waals surface area contributed by atoms with Crippen LogP contribution in [0.25, 0.3) is 10.9 Å². The Morgan fingerprint density at radius 3 is 2.56 bits per heavy atom. The van der Waals surface area contributed by atoms with Gasteiger partial charge in [-0.05, 0) is 26.0 Å². The second-order valence-electron chi connectivity index (χ2n) is 8.31. The molecule has 1 amide bonds. The van der Waals surface area contributed by atoms with Crippen LogP contribution in [0.3, 0.4) is 0 Å². The summed E-state index contributed by atoms with van der Waals surface area (Å²) >= 11 is 0. The average Bonchev–Trinajstić information content (AvgIpc) is 2.79. The molecule has 180 valence electrons. The Hall–Kier alpha value is -3.56. The number of piperazine rings is 1. The molecule has 3 aromatic rings. The number of aryl methyl sites for hydroxylation is 1. The highest BCUT2D eigenvalue weighted by molar-refractivity contribution is 5.95. The average molecular weight is 473 g/mol. The summed E-state index contributed by atoms with van der Waals surface area (Å²) < 4.78 is 46.6. The second kappa shape index (κ2) is 9.36. The fourth-order valence-electron chi connectivity index (χ4n) is 4.10. The van der Waals surface area contributed by atoms with Crippen LogP contribution in [0, 0.1) is 12.7 Å². The Kier molecular flexibility index (Phi) is 6.49. The summed E-state index contributed by atoms with van der Waals surface area (Å²) in [5.74, 6) is 0.522. The van der Waals surface area contributed by atoms with Crippen molar-refractivity contribution >= 4 is 28.3 Å². The molecule has 4 rings (SSSR count). The second-order valence-corrected chi connectivity index (χ2v) is 8.31. The number of hydrogen-bond acceptors (Lipinski definition) is 6. The molecule has 1 aliphatic rings. The van der Waals surface area contributed by atoms with Gasteiger partial charge in [-0.25, -0.2) is 23.1 Å². The van der Waals surface area contributed by atoms with Gasteiger partial charge >= 0.3 is 0 Å². The molecule has 0 saturated carbocycles. The maximum Gasteiger partial charge on any atom is 0.266 e. The number of carbonyl (C=O) groups is 1. The number of carbonyl (C=O) groups excluding carboxylic acids is 1. The highest BCUT2D eigenvalue weighted by Crippen LogP contribution is 2.37. The summed E-state index contributed by atoms with van der Waals surface area (Å²) in [6.07, 6.45) is -2.90. The number of halogens is 3. The third-order valence-corrected chi connectivity index (χ3v) is 6.02. The summed E-state index contributed by atoms with van der Waals surface area (Å²) in [7, 11) is 3.31. The summed E-state index contributed by atoms with van der Waals surface area (Å²) in [5.41, 5.74) is 0.833. The zero-order valence-electron chi connectivity index (χ0n) is 19.4. The van der Waals surface area contributed by atoms with E-state index in [0.29, 0.717) is 41.4 Å². The van der Waals surface area contributed by atoms with E-state index in [0.717, 1.165) is 11.8 Å². The number of nitrogens with zero attached hydrogens (tertiary/aromatic N) is 4. The van der Waals surface area contributed by atoms with Crippen molar-refractivity contribution in [2.45, 2.75) is 26.3 Å². The number of amides is 1. The van der Waals surface area contributed by atoms with Crippen LogP contribution in [-0.2, 0) is 4.79 Å². The summed E-state index contributed by atoms with van der Waals surface area (Å²) in [6, 6.07) is 6.93. The molecule has 1 unspecified atom stereocenters. The van der Waals surface area contributed by atoms with Gasteiger partial charge in [-0.15, -0.1) is 0 Å². The Morgan fingerprint density at radius 1 is 1.15 bits per heavy atom. The molecule has 0 radical (unpaired) electrons. The van der Waals surface area contributed by atoms with E-state index in [1.54, 1.807) is 39.0 Å². The lowest BCUT2D eigenvalue weighted by atomic mass is 10.0. The lowest BCUT2D eigenvalue weighted by Gasteiger charge is -2.34. The van der Waals surface area contributed by atoms with E-state index in [1.807, 2.05) is 11.0 Å². The number of anilines is 2. The van der Waals surface area contributed by atoms with Gasteiger partial charge in [-0.1, -0.05) is 18.2 Å². The van der Waals surface area contributed by atoms with Crippen LogP contribution in [0.4, 0.5) is 24.7 Å². The van der Waals surface area contributed by atoms with Gasteiger partial charge in [0.1, 0.15) is 23.2 Å². The van der Waals surface area contributed by atoms with Crippen molar-refractivity contribution in [1.82, 2.24) is 14.9 Å². The Morgan fingerprint density at radius 2 is 1.88 bits per heavy atom. The van der Waals surface area contributed by atoms with Gasteiger partial charge in [0.15, 0.2) is 0 Å². The molecule has 2 aromatic carbocycles. The Bertz CT molecular complexity index is 1240. The van der Waals surface area contributed by atoms with Crippen molar-refractivity contribution in [3.63, 3.8) is 0 Å². The van der Waals surface area contributed by atoms with E-state index in [2.05, 4.69) is 15.3 Å². The van der Waals surface area contributed by atoms with Crippen LogP contribution in [0.2, 0.25) is 0 Å². The van der Waals surface area contributed by atoms with Gasteiger partial charge in [-0.3, -0.25) is 4.79 Å². The molecule has 1 aromatic heterocycles. The predicted molar refractivity (Wildman–Crippen MR) is 124 cm³/mol. The third-order valence-electron chi connectivity index (χ3n) is 6.02. The van der Waals surface area contributed by atoms with Crippen LogP contribution in [0.15, 0.2) is 30.3 Å². The topological polar surface area (TPSA) is 70.6 Å². The fraction of sp³-hybridized carbons (Fsp3) is 0.375. The minimum absolute atomic E-state index is 0.0107. The van der Waals surface area contributed by atoms with E-state index in [1.165, 1.54) is 12.1 Å². The minimum atomic E-state index is -2.90. The molecular weight excluding hydrogens is 447 g/mol. The molecule has 1 fully saturated rings. The molecule has 34 heavy (non-hydrogen) atoms. The number of benzene rings is 2. The summed E-state index contributed by atoms with van der Waals surface area (Å²) in [5, 5.41) is 3.77.